The molecule has 0 aromatic heterocycles. The molecule has 5 N–H and O–H groups in total. The Hall–Kier alpha value is -1.14. The van der Waals surface area contributed by atoms with Crippen LogP contribution in [0.5, 0.6) is 0 Å². The van der Waals surface area contributed by atoms with Crippen LogP contribution in [-0.4, -0.2) is 43.2 Å². The minimum atomic E-state index is -0.933. The Morgan fingerprint density at radius 1 is 1.60 bits per heavy atom. The maximum absolute atomic E-state index is 10.1. The van der Waals surface area contributed by atoms with Gasteiger partial charge < -0.3 is 21.3 Å². The van der Waals surface area contributed by atoms with E-state index in [-0.39, 0.29) is 0 Å². The summed E-state index contributed by atoms with van der Waals surface area (Å²) in [5.41, 5.74) is 10.4. The predicted molar refractivity (Wildman–Crippen MR) is 57.8 cm³/mol. The van der Waals surface area contributed by atoms with Gasteiger partial charge in [-0.25, -0.2) is 0 Å². The fourth-order valence-corrected chi connectivity index (χ4v) is 0.896. The zero-order valence-corrected chi connectivity index (χ0v) is 8.76. The summed E-state index contributed by atoms with van der Waals surface area (Å²) in [6, 6.07) is -0.716. The molecule has 1 atom stereocenters. The highest BCUT2D eigenvalue weighted by Gasteiger charge is 2.09. The van der Waals surface area contributed by atoms with E-state index in [1.807, 2.05) is 0 Å². The molecule has 0 spiro atoms. The lowest BCUT2D eigenvalue weighted by atomic mass is 10.1. The molecule has 0 aromatic rings. The second kappa shape index (κ2) is 9.42. The lowest BCUT2D eigenvalue weighted by molar-refractivity contribution is -0.138. The van der Waals surface area contributed by atoms with E-state index in [1.54, 1.807) is 0 Å². The summed E-state index contributed by atoms with van der Waals surface area (Å²) in [7, 11) is 0. The van der Waals surface area contributed by atoms with Crippen molar-refractivity contribution in [2.75, 3.05) is 19.7 Å². The third-order valence-corrected chi connectivity index (χ3v) is 1.77. The number of unbranched alkanes of at least 4 members (excludes halogenated alkanes) is 1. The smallest absolute Gasteiger partial charge is 0.320 e. The first-order valence-corrected chi connectivity index (χ1v) is 4.97. The molecule has 15 heavy (non-hydrogen) atoms. The normalized spacial score (nSPS) is 15.1. The molecule has 1 heterocycles. The summed E-state index contributed by atoms with van der Waals surface area (Å²) in [5, 5.41) is 8.33. The highest BCUT2D eigenvalue weighted by molar-refractivity contribution is 5.72. The summed E-state index contributed by atoms with van der Waals surface area (Å²) < 4.78 is 4.65. The van der Waals surface area contributed by atoms with Gasteiger partial charge in [-0.3, -0.25) is 9.79 Å². The number of aliphatic imine (C=N–C) groups is 1. The van der Waals surface area contributed by atoms with Gasteiger partial charge in [0.2, 0.25) is 0 Å². The van der Waals surface area contributed by atoms with Crippen LogP contribution < -0.4 is 11.5 Å². The number of carboxylic acids is 1. The van der Waals surface area contributed by atoms with E-state index in [1.165, 1.54) is 6.40 Å². The maximum atomic E-state index is 10.1. The second-order valence-corrected chi connectivity index (χ2v) is 3.11. The van der Waals surface area contributed by atoms with Gasteiger partial charge in [0.15, 0.2) is 6.40 Å². The van der Waals surface area contributed by atoms with Gasteiger partial charge in [0.1, 0.15) is 12.6 Å². The Bertz CT molecular complexity index is 191. The molecule has 0 saturated carbocycles. The molecule has 0 radical (unpaired) electrons. The molecule has 0 aromatic carbocycles. The Labute approximate surface area is 89.3 Å². The zero-order chi connectivity index (χ0) is 11.5. The van der Waals surface area contributed by atoms with Crippen LogP contribution in [0.4, 0.5) is 0 Å². The molecule has 0 bridgehead atoms. The number of hydrogen-bond acceptors (Lipinski definition) is 5. The topological polar surface area (TPSA) is 111 Å². The quantitative estimate of drug-likeness (QED) is 0.541. The number of nitrogens with zero attached hydrogens (tertiary/aromatic N) is 1. The summed E-state index contributed by atoms with van der Waals surface area (Å²) in [5.74, 6) is -0.933. The van der Waals surface area contributed by atoms with E-state index in [0.29, 0.717) is 13.0 Å². The minimum Gasteiger partial charge on any atom is -0.482 e. The number of ether oxygens (including phenoxy) is 1. The van der Waals surface area contributed by atoms with Crippen molar-refractivity contribution >= 4 is 12.4 Å². The number of aliphatic carboxylic acids is 1. The van der Waals surface area contributed by atoms with E-state index >= 15 is 0 Å². The number of nitrogens with two attached hydrogens (primary N) is 2. The summed E-state index contributed by atoms with van der Waals surface area (Å²) in [4.78, 5) is 13.9. The average Bonchev–Trinajstić information content (AvgIpc) is 2.75. The van der Waals surface area contributed by atoms with Gasteiger partial charge in [0.05, 0.1) is 6.54 Å². The summed E-state index contributed by atoms with van der Waals surface area (Å²) in [6.07, 6.45) is 3.65. The van der Waals surface area contributed by atoms with Crippen LogP contribution in [0.3, 0.4) is 0 Å². The lowest BCUT2D eigenvalue weighted by Gasteiger charge is -2.03. The van der Waals surface area contributed by atoms with Crippen LogP contribution in [0.1, 0.15) is 19.3 Å². The number of hydrogen-bond donors (Lipinski definition) is 3. The van der Waals surface area contributed by atoms with Gasteiger partial charge >= 0.3 is 5.97 Å². The number of carbonyl (C=O) groups is 1. The van der Waals surface area contributed by atoms with E-state index in [9.17, 15) is 4.79 Å². The molecular weight excluding hydrogens is 198 g/mol. The van der Waals surface area contributed by atoms with Crippen LogP contribution in [0.25, 0.3) is 0 Å². The predicted octanol–water partition coefficient (Wildman–Crippen LogP) is -0.428. The van der Waals surface area contributed by atoms with Crippen molar-refractivity contribution in [3.63, 3.8) is 0 Å². The van der Waals surface area contributed by atoms with E-state index in [4.69, 9.17) is 16.6 Å². The van der Waals surface area contributed by atoms with Crippen molar-refractivity contribution in [2.45, 2.75) is 25.3 Å². The SMILES string of the molecule is C1=NCCO1.NCCCCC(N)C(=O)O. The molecule has 6 heteroatoms. The standard InChI is InChI=1S/C6H14N2O2.C3H5NO/c7-4-2-1-3-5(8)6(9)10;1-2-5-3-4-1/h5H,1-4,7-8H2,(H,9,10);3H,1-2H2. The first-order chi connectivity index (χ1) is 7.18. The fourth-order valence-electron chi connectivity index (χ4n) is 0.896. The van der Waals surface area contributed by atoms with Crippen molar-refractivity contribution in [1.29, 1.82) is 0 Å². The first-order valence-electron chi connectivity index (χ1n) is 4.97. The second-order valence-electron chi connectivity index (χ2n) is 3.11. The molecule has 88 valence electrons. The Kier molecular flexibility index (Phi) is 8.70. The maximum Gasteiger partial charge on any atom is 0.320 e. The molecule has 0 amide bonds. The van der Waals surface area contributed by atoms with Crippen LogP contribution >= 0.6 is 0 Å². The third-order valence-electron chi connectivity index (χ3n) is 1.77. The molecule has 1 unspecified atom stereocenters. The van der Waals surface area contributed by atoms with Crippen molar-refractivity contribution in [3.05, 3.63) is 0 Å². The highest BCUT2D eigenvalue weighted by atomic mass is 16.5. The molecule has 1 aliphatic heterocycles. The van der Waals surface area contributed by atoms with Gasteiger partial charge in [-0.2, -0.15) is 0 Å². The van der Waals surface area contributed by atoms with Gasteiger partial charge in [-0.05, 0) is 19.4 Å². The fraction of sp³-hybridized carbons (Fsp3) is 0.778. The van der Waals surface area contributed by atoms with E-state index < -0.39 is 12.0 Å². The Balaban J connectivity index is 0.000000322. The molecule has 6 nitrogen and oxygen atoms in total. The number of carboxylic acid groups (broad SMARTS) is 1. The molecule has 0 fully saturated rings. The van der Waals surface area contributed by atoms with Gasteiger partial charge in [0, 0.05) is 0 Å². The van der Waals surface area contributed by atoms with E-state index in [0.717, 1.165) is 26.0 Å². The van der Waals surface area contributed by atoms with Gasteiger partial charge in [-0.15, -0.1) is 0 Å². The van der Waals surface area contributed by atoms with Crippen molar-refractivity contribution in [1.82, 2.24) is 0 Å². The number of rotatable bonds is 5. The molecule has 1 rings (SSSR count). The van der Waals surface area contributed by atoms with Gasteiger partial charge in [0.25, 0.3) is 0 Å². The highest BCUT2D eigenvalue weighted by Crippen LogP contribution is 1.96. The van der Waals surface area contributed by atoms with Crippen LogP contribution in [0.15, 0.2) is 4.99 Å². The van der Waals surface area contributed by atoms with Crippen molar-refractivity contribution in [3.8, 4) is 0 Å². The van der Waals surface area contributed by atoms with Crippen LogP contribution in [-0.2, 0) is 9.53 Å². The summed E-state index contributed by atoms with van der Waals surface area (Å²) >= 11 is 0. The van der Waals surface area contributed by atoms with Gasteiger partial charge in [-0.1, -0.05) is 6.42 Å². The molecular formula is C9H19N3O3. The average molecular weight is 217 g/mol. The summed E-state index contributed by atoms with van der Waals surface area (Å²) in [6.45, 7) is 2.23. The van der Waals surface area contributed by atoms with Crippen molar-refractivity contribution < 1.29 is 14.6 Å². The monoisotopic (exact) mass is 217 g/mol. The lowest BCUT2D eigenvalue weighted by Crippen LogP contribution is -2.29. The van der Waals surface area contributed by atoms with Crippen LogP contribution in [0.2, 0.25) is 0 Å². The Morgan fingerprint density at radius 3 is 2.67 bits per heavy atom. The molecule has 0 saturated heterocycles. The van der Waals surface area contributed by atoms with Crippen molar-refractivity contribution in [2.24, 2.45) is 16.5 Å². The molecule has 0 aliphatic carbocycles. The first kappa shape index (κ1) is 13.9. The zero-order valence-electron chi connectivity index (χ0n) is 8.76. The third kappa shape index (κ3) is 9.17. The van der Waals surface area contributed by atoms with Crippen LogP contribution in [0, 0.1) is 0 Å². The largest absolute Gasteiger partial charge is 0.482 e. The molecule has 1 aliphatic rings. The minimum absolute atomic E-state index is 0.520. The van der Waals surface area contributed by atoms with E-state index in [2.05, 4.69) is 9.73 Å². The Morgan fingerprint density at radius 2 is 2.33 bits per heavy atom.